The zero-order valence-corrected chi connectivity index (χ0v) is 14.0. The molecule has 1 saturated heterocycles. The van der Waals surface area contributed by atoms with Gasteiger partial charge in [-0.3, -0.25) is 10.2 Å². The number of likely N-dealkylation sites (N-methyl/N-ethyl adjacent to an activating group) is 1. The van der Waals surface area contributed by atoms with Crippen LogP contribution in [0.4, 0.5) is 0 Å². The van der Waals surface area contributed by atoms with Crippen LogP contribution in [0.5, 0.6) is 0 Å². The average molecular weight is 281 g/mol. The lowest BCUT2D eigenvalue weighted by Crippen LogP contribution is -2.37. The van der Waals surface area contributed by atoms with Crippen LogP contribution in [0.3, 0.4) is 0 Å². The number of nitrogens with one attached hydrogen (secondary N) is 1. The van der Waals surface area contributed by atoms with Gasteiger partial charge in [0, 0.05) is 12.1 Å². The predicted octanol–water partition coefficient (Wildman–Crippen LogP) is 4.55. The van der Waals surface area contributed by atoms with Crippen molar-refractivity contribution in [3.63, 3.8) is 0 Å². The highest BCUT2D eigenvalue weighted by Crippen LogP contribution is 2.32. The molecule has 0 unspecified atom stereocenters. The van der Waals surface area contributed by atoms with Crippen molar-refractivity contribution in [3.05, 3.63) is 0 Å². The van der Waals surface area contributed by atoms with Crippen LogP contribution < -0.4 is 5.32 Å². The van der Waals surface area contributed by atoms with Gasteiger partial charge in [-0.2, -0.15) is 0 Å². The minimum Gasteiger partial charge on any atom is -0.297 e. The van der Waals surface area contributed by atoms with Crippen LogP contribution in [-0.4, -0.2) is 30.2 Å². The van der Waals surface area contributed by atoms with Crippen LogP contribution in [0.2, 0.25) is 0 Å². The minimum absolute atomic E-state index is 0.681. The summed E-state index contributed by atoms with van der Waals surface area (Å²) in [5.74, 6) is 1.04. The molecule has 20 heavy (non-hydrogen) atoms. The van der Waals surface area contributed by atoms with Crippen LogP contribution in [-0.2, 0) is 0 Å². The molecule has 118 valence electrons. The summed E-state index contributed by atoms with van der Waals surface area (Å²) in [6.07, 6.45) is 16.7. The summed E-state index contributed by atoms with van der Waals surface area (Å²) in [4.78, 5) is 2.66. The number of fused-ring (bicyclic) bond motifs is 1. The molecule has 0 radical (unpaired) electrons. The molecule has 0 spiro atoms. The number of hydrogen-bond acceptors (Lipinski definition) is 2. The highest BCUT2D eigenvalue weighted by Gasteiger charge is 2.39. The van der Waals surface area contributed by atoms with Gasteiger partial charge in [0.05, 0.1) is 6.17 Å². The van der Waals surface area contributed by atoms with Crippen molar-refractivity contribution in [2.24, 2.45) is 5.92 Å². The van der Waals surface area contributed by atoms with E-state index in [9.17, 15) is 0 Å². The van der Waals surface area contributed by atoms with E-state index in [1.165, 1.54) is 70.6 Å². The maximum absolute atomic E-state index is 3.91. The topological polar surface area (TPSA) is 15.3 Å². The maximum Gasteiger partial charge on any atom is 0.0600 e. The fourth-order valence-corrected chi connectivity index (χ4v) is 4.55. The van der Waals surface area contributed by atoms with Gasteiger partial charge in [-0.25, -0.2) is 0 Å². The second-order valence-corrected chi connectivity index (χ2v) is 6.89. The van der Waals surface area contributed by atoms with Crippen LogP contribution in [0.25, 0.3) is 0 Å². The van der Waals surface area contributed by atoms with Gasteiger partial charge in [0.15, 0.2) is 0 Å². The van der Waals surface area contributed by atoms with E-state index in [2.05, 4.69) is 17.3 Å². The van der Waals surface area contributed by atoms with Crippen molar-refractivity contribution in [1.29, 1.82) is 0 Å². The summed E-state index contributed by atoms with van der Waals surface area (Å²) in [5, 5.41) is 3.91. The Bertz CT molecular complexity index is 260. The molecule has 2 nitrogen and oxygen atoms in total. The first kappa shape index (κ1) is 16.3. The zero-order valence-electron chi connectivity index (χ0n) is 14.0. The Balaban J connectivity index is 0.000000704. The Morgan fingerprint density at radius 1 is 0.850 bits per heavy atom. The Morgan fingerprint density at radius 2 is 1.50 bits per heavy atom. The minimum atomic E-state index is 0.681. The zero-order chi connectivity index (χ0) is 14.4. The van der Waals surface area contributed by atoms with E-state index < -0.39 is 0 Å². The number of nitrogens with zero attached hydrogens (tertiary/aromatic N) is 1. The predicted molar refractivity (Wildman–Crippen MR) is 87.9 cm³/mol. The van der Waals surface area contributed by atoms with Gasteiger partial charge in [-0.15, -0.1) is 0 Å². The molecule has 2 saturated carbocycles. The van der Waals surface area contributed by atoms with Crippen LogP contribution in [0.15, 0.2) is 0 Å². The smallest absolute Gasteiger partial charge is 0.0600 e. The molecular formula is C18H36N2. The van der Waals surface area contributed by atoms with Gasteiger partial charge >= 0.3 is 0 Å². The molecule has 3 aliphatic rings. The molecule has 0 aromatic heterocycles. The van der Waals surface area contributed by atoms with E-state index in [1.54, 1.807) is 0 Å². The molecule has 3 rings (SSSR count). The first-order valence-electron chi connectivity index (χ1n) is 9.32. The van der Waals surface area contributed by atoms with Gasteiger partial charge in [0.1, 0.15) is 0 Å². The maximum atomic E-state index is 3.91. The fourth-order valence-electron chi connectivity index (χ4n) is 4.55. The molecule has 1 heterocycles. The van der Waals surface area contributed by atoms with Gasteiger partial charge < -0.3 is 0 Å². The van der Waals surface area contributed by atoms with Gasteiger partial charge in [-0.1, -0.05) is 58.8 Å². The third-order valence-electron chi connectivity index (χ3n) is 5.72. The third-order valence-corrected chi connectivity index (χ3v) is 5.72. The highest BCUT2D eigenvalue weighted by molar-refractivity contribution is 4.96. The summed E-state index contributed by atoms with van der Waals surface area (Å²) < 4.78 is 0. The molecule has 0 amide bonds. The summed E-state index contributed by atoms with van der Waals surface area (Å²) in [7, 11) is 2.36. The molecule has 0 bridgehead atoms. The van der Waals surface area contributed by atoms with Crippen molar-refractivity contribution in [2.75, 3.05) is 7.05 Å². The van der Waals surface area contributed by atoms with Gasteiger partial charge in [0.2, 0.25) is 0 Å². The van der Waals surface area contributed by atoms with Gasteiger partial charge in [-0.05, 0) is 38.6 Å². The second-order valence-electron chi connectivity index (χ2n) is 6.89. The molecule has 3 atom stereocenters. The van der Waals surface area contributed by atoms with E-state index >= 15 is 0 Å². The summed E-state index contributed by atoms with van der Waals surface area (Å²) >= 11 is 0. The van der Waals surface area contributed by atoms with Crippen molar-refractivity contribution >= 4 is 0 Å². The first-order chi connectivity index (χ1) is 9.84. The number of rotatable bonds is 3. The lowest BCUT2D eigenvalue weighted by Gasteiger charge is -2.29. The number of hydrogen-bond donors (Lipinski definition) is 1. The molecule has 0 aromatic carbocycles. The van der Waals surface area contributed by atoms with E-state index in [0.29, 0.717) is 6.17 Å². The lowest BCUT2D eigenvalue weighted by atomic mass is 9.86. The molecule has 3 fully saturated rings. The quantitative estimate of drug-likeness (QED) is 0.816. The third kappa shape index (κ3) is 3.98. The molecule has 2 aliphatic carbocycles. The van der Waals surface area contributed by atoms with Crippen molar-refractivity contribution in [1.82, 2.24) is 10.2 Å². The standard InChI is InChI=1S/C16H30N2.C2H6/c1-18-15-10-6-5-9-14(15)17-16(18)12-11-13-7-3-2-4-8-13;1-2/h13-17H,2-12H2,1H3;1-2H3/t14-,15+,16-;/m0./s1. The Kier molecular flexibility index (Phi) is 6.83. The molecule has 1 aliphatic heterocycles. The Hall–Kier alpha value is -0.0800. The molecule has 2 heteroatoms. The normalized spacial score (nSPS) is 35.2. The SMILES string of the molecule is CC.CN1[C@@H]2CCCC[C@@H]2N[C@@H]1CCC1CCCCC1. The van der Waals surface area contributed by atoms with E-state index in [-0.39, 0.29) is 0 Å². The van der Waals surface area contributed by atoms with E-state index in [0.717, 1.165) is 18.0 Å². The molecular weight excluding hydrogens is 244 g/mol. The Labute approximate surface area is 126 Å². The Morgan fingerprint density at radius 3 is 2.20 bits per heavy atom. The summed E-state index contributed by atoms with van der Waals surface area (Å²) in [6.45, 7) is 4.00. The van der Waals surface area contributed by atoms with Crippen LogP contribution >= 0.6 is 0 Å². The summed E-state index contributed by atoms with van der Waals surface area (Å²) in [5.41, 5.74) is 0. The average Bonchev–Trinajstić information content (AvgIpc) is 2.85. The van der Waals surface area contributed by atoms with Crippen LogP contribution in [0.1, 0.15) is 84.5 Å². The van der Waals surface area contributed by atoms with Crippen molar-refractivity contribution in [2.45, 2.75) is 103 Å². The largest absolute Gasteiger partial charge is 0.297 e. The fraction of sp³-hybridized carbons (Fsp3) is 1.00. The molecule has 1 N–H and O–H groups in total. The highest BCUT2D eigenvalue weighted by atomic mass is 15.4. The monoisotopic (exact) mass is 280 g/mol. The van der Waals surface area contributed by atoms with Gasteiger partial charge in [0.25, 0.3) is 0 Å². The summed E-state index contributed by atoms with van der Waals surface area (Å²) in [6, 6.07) is 1.65. The molecule has 0 aromatic rings. The van der Waals surface area contributed by atoms with E-state index in [4.69, 9.17) is 0 Å². The van der Waals surface area contributed by atoms with Crippen molar-refractivity contribution < 1.29 is 0 Å². The van der Waals surface area contributed by atoms with Crippen molar-refractivity contribution in [3.8, 4) is 0 Å². The van der Waals surface area contributed by atoms with E-state index in [1.807, 2.05) is 13.8 Å². The van der Waals surface area contributed by atoms with Crippen LogP contribution in [0, 0.1) is 5.92 Å². The first-order valence-corrected chi connectivity index (χ1v) is 9.32. The lowest BCUT2D eigenvalue weighted by molar-refractivity contribution is 0.186. The second kappa shape index (κ2) is 8.38.